The summed E-state index contributed by atoms with van der Waals surface area (Å²) in [6.45, 7) is 0.593. The molecular formula is C24H24N2O4. The van der Waals surface area contributed by atoms with E-state index in [1.807, 2.05) is 24.3 Å². The van der Waals surface area contributed by atoms with Crippen LogP contribution in [0.1, 0.15) is 32.7 Å². The number of hydrogen-bond donors (Lipinski definition) is 2. The maximum Gasteiger partial charge on any atom is 0.251 e. The van der Waals surface area contributed by atoms with Crippen LogP contribution in [-0.2, 0) is 6.42 Å². The highest BCUT2D eigenvalue weighted by molar-refractivity contribution is 5.94. The van der Waals surface area contributed by atoms with Gasteiger partial charge in [0.15, 0.2) is 0 Å². The Kier molecular flexibility index (Phi) is 7.05. The molecule has 3 aromatic carbocycles. The Hall–Kier alpha value is -3.80. The van der Waals surface area contributed by atoms with Crippen LogP contribution >= 0.6 is 0 Å². The quantitative estimate of drug-likeness (QED) is 0.529. The van der Waals surface area contributed by atoms with Gasteiger partial charge in [-0.2, -0.15) is 0 Å². The molecule has 3 N–H and O–H groups in total. The molecular weight excluding hydrogens is 380 g/mol. The van der Waals surface area contributed by atoms with Gasteiger partial charge >= 0.3 is 0 Å². The summed E-state index contributed by atoms with van der Waals surface area (Å²) in [6.07, 6.45) is 1.73. The second kappa shape index (κ2) is 10.1. The Morgan fingerprint density at radius 1 is 0.800 bits per heavy atom. The monoisotopic (exact) mass is 404 g/mol. The van der Waals surface area contributed by atoms with Crippen molar-refractivity contribution in [2.45, 2.75) is 12.8 Å². The number of rotatable bonds is 9. The molecule has 0 atom stereocenters. The minimum absolute atomic E-state index is 0.123. The van der Waals surface area contributed by atoms with E-state index in [-0.39, 0.29) is 5.91 Å². The van der Waals surface area contributed by atoms with E-state index in [1.165, 1.54) is 5.56 Å². The molecule has 0 saturated carbocycles. The molecule has 0 aliphatic rings. The first-order chi connectivity index (χ1) is 14.5. The van der Waals surface area contributed by atoms with Crippen molar-refractivity contribution in [3.05, 3.63) is 89.5 Å². The maximum absolute atomic E-state index is 12.3. The SMILES string of the molecule is COc1ccc(CCCNC(=O)c2ccc(Oc3ccc(C(N)=O)cc3)cc2)cc1. The van der Waals surface area contributed by atoms with Gasteiger partial charge in [0.1, 0.15) is 17.2 Å². The van der Waals surface area contributed by atoms with Crippen LogP contribution in [0.5, 0.6) is 17.2 Å². The normalized spacial score (nSPS) is 10.3. The molecule has 2 amide bonds. The van der Waals surface area contributed by atoms with Crippen molar-refractivity contribution in [2.75, 3.05) is 13.7 Å². The van der Waals surface area contributed by atoms with Gasteiger partial charge in [0, 0.05) is 17.7 Å². The number of amides is 2. The van der Waals surface area contributed by atoms with Gasteiger partial charge in [0.05, 0.1) is 7.11 Å². The predicted octanol–water partition coefficient (Wildman–Crippen LogP) is 3.95. The largest absolute Gasteiger partial charge is 0.497 e. The highest BCUT2D eigenvalue weighted by Gasteiger charge is 2.06. The van der Waals surface area contributed by atoms with Crippen molar-refractivity contribution < 1.29 is 19.1 Å². The first-order valence-corrected chi connectivity index (χ1v) is 9.64. The van der Waals surface area contributed by atoms with Gasteiger partial charge in [0.2, 0.25) is 5.91 Å². The highest BCUT2D eigenvalue weighted by Crippen LogP contribution is 2.22. The van der Waals surface area contributed by atoms with E-state index in [1.54, 1.807) is 55.6 Å². The number of benzene rings is 3. The van der Waals surface area contributed by atoms with Gasteiger partial charge in [-0.3, -0.25) is 9.59 Å². The topological polar surface area (TPSA) is 90.7 Å². The van der Waals surface area contributed by atoms with Gasteiger partial charge in [-0.1, -0.05) is 12.1 Å². The molecule has 3 rings (SSSR count). The molecule has 0 spiro atoms. The molecule has 3 aromatic rings. The van der Waals surface area contributed by atoms with Crippen molar-refractivity contribution in [1.29, 1.82) is 0 Å². The van der Waals surface area contributed by atoms with Crippen LogP contribution in [0.25, 0.3) is 0 Å². The molecule has 0 aliphatic heterocycles. The maximum atomic E-state index is 12.3. The van der Waals surface area contributed by atoms with Gasteiger partial charge in [-0.15, -0.1) is 0 Å². The fourth-order valence-electron chi connectivity index (χ4n) is 2.89. The molecule has 0 fully saturated rings. The molecule has 0 aliphatic carbocycles. The Morgan fingerprint density at radius 2 is 1.33 bits per heavy atom. The average Bonchev–Trinajstić information content (AvgIpc) is 2.78. The second-order valence-corrected chi connectivity index (χ2v) is 6.72. The predicted molar refractivity (Wildman–Crippen MR) is 115 cm³/mol. The van der Waals surface area contributed by atoms with Crippen LogP contribution in [0.2, 0.25) is 0 Å². The summed E-state index contributed by atoms with van der Waals surface area (Å²) < 4.78 is 10.9. The average molecular weight is 404 g/mol. The van der Waals surface area contributed by atoms with Gasteiger partial charge in [0.25, 0.3) is 5.91 Å². The van der Waals surface area contributed by atoms with E-state index in [2.05, 4.69) is 5.32 Å². The summed E-state index contributed by atoms with van der Waals surface area (Å²) in [7, 11) is 1.64. The zero-order valence-electron chi connectivity index (χ0n) is 16.8. The lowest BCUT2D eigenvalue weighted by molar-refractivity contribution is 0.0952. The third-order valence-electron chi connectivity index (χ3n) is 4.58. The molecule has 6 nitrogen and oxygen atoms in total. The van der Waals surface area contributed by atoms with Crippen LogP contribution in [-0.4, -0.2) is 25.5 Å². The van der Waals surface area contributed by atoms with E-state index < -0.39 is 5.91 Å². The molecule has 0 radical (unpaired) electrons. The molecule has 154 valence electrons. The number of carbonyl (C=O) groups is 2. The Bertz CT molecular complexity index is 981. The number of primary amides is 1. The minimum atomic E-state index is -0.485. The summed E-state index contributed by atoms with van der Waals surface area (Å²) >= 11 is 0. The van der Waals surface area contributed by atoms with E-state index in [0.717, 1.165) is 18.6 Å². The summed E-state index contributed by atoms with van der Waals surface area (Å²) in [5.74, 6) is 1.40. The Morgan fingerprint density at radius 3 is 1.87 bits per heavy atom. The number of aryl methyl sites for hydroxylation is 1. The van der Waals surface area contributed by atoms with Crippen LogP contribution < -0.4 is 20.5 Å². The lowest BCUT2D eigenvalue weighted by Gasteiger charge is -2.08. The summed E-state index contributed by atoms with van der Waals surface area (Å²) in [4.78, 5) is 23.4. The Labute approximate surface area is 175 Å². The van der Waals surface area contributed by atoms with Crippen LogP contribution in [0.3, 0.4) is 0 Å². The molecule has 6 heteroatoms. The smallest absolute Gasteiger partial charge is 0.251 e. The van der Waals surface area contributed by atoms with Crippen LogP contribution in [0, 0.1) is 0 Å². The van der Waals surface area contributed by atoms with E-state index >= 15 is 0 Å². The fourth-order valence-corrected chi connectivity index (χ4v) is 2.89. The lowest BCUT2D eigenvalue weighted by atomic mass is 10.1. The third kappa shape index (κ3) is 5.85. The third-order valence-corrected chi connectivity index (χ3v) is 4.58. The number of nitrogens with two attached hydrogens (primary N) is 1. The van der Waals surface area contributed by atoms with Crippen molar-refractivity contribution in [1.82, 2.24) is 5.32 Å². The highest BCUT2D eigenvalue weighted by atomic mass is 16.5. The molecule has 0 unspecified atom stereocenters. The number of methoxy groups -OCH3 is 1. The van der Waals surface area contributed by atoms with Crippen molar-refractivity contribution in [3.63, 3.8) is 0 Å². The standard InChI is InChI=1S/C24H24N2O4/c1-29-20-10-4-17(5-11-20)3-2-16-26-24(28)19-8-14-22(15-9-19)30-21-12-6-18(7-13-21)23(25)27/h4-15H,2-3,16H2,1H3,(H2,25,27)(H,26,28). The molecule has 0 bridgehead atoms. The molecule has 0 heterocycles. The van der Waals surface area contributed by atoms with Gasteiger partial charge in [-0.25, -0.2) is 0 Å². The molecule has 30 heavy (non-hydrogen) atoms. The number of hydrogen-bond acceptors (Lipinski definition) is 4. The molecule has 0 saturated heterocycles. The fraction of sp³-hybridized carbons (Fsp3) is 0.167. The van der Waals surface area contributed by atoms with Crippen LogP contribution in [0.15, 0.2) is 72.8 Å². The lowest BCUT2D eigenvalue weighted by Crippen LogP contribution is -2.24. The number of ether oxygens (including phenoxy) is 2. The van der Waals surface area contributed by atoms with Gasteiger partial charge < -0.3 is 20.5 Å². The first-order valence-electron chi connectivity index (χ1n) is 9.64. The van der Waals surface area contributed by atoms with Gasteiger partial charge in [-0.05, 0) is 79.1 Å². The summed E-state index contributed by atoms with van der Waals surface area (Å²) in [5.41, 5.74) is 7.41. The first kappa shape index (κ1) is 20.9. The zero-order chi connectivity index (χ0) is 21.3. The summed E-state index contributed by atoms with van der Waals surface area (Å²) in [5, 5.41) is 2.93. The minimum Gasteiger partial charge on any atom is -0.497 e. The van der Waals surface area contributed by atoms with Crippen LogP contribution in [0.4, 0.5) is 0 Å². The second-order valence-electron chi connectivity index (χ2n) is 6.72. The number of nitrogens with one attached hydrogen (secondary N) is 1. The van der Waals surface area contributed by atoms with Crippen molar-refractivity contribution in [3.8, 4) is 17.2 Å². The Balaban J connectivity index is 1.45. The van der Waals surface area contributed by atoms with E-state index in [0.29, 0.717) is 29.2 Å². The van der Waals surface area contributed by atoms with E-state index in [4.69, 9.17) is 15.2 Å². The van der Waals surface area contributed by atoms with E-state index in [9.17, 15) is 9.59 Å². The molecule has 0 aromatic heterocycles. The number of carbonyl (C=O) groups excluding carboxylic acids is 2. The van der Waals surface area contributed by atoms with Crippen molar-refractivity contribution >= 4 is 11.8 Å². The zero-order valence-corrected chi connectivity index (χ0v) is 16.8. The van der Waals surface area contributed by atoms with Crippen molar-refractivity contribution in [2.24, 2.45) is 5.73 Å². The summed E-state index contributed by atoms with van der Waals surface area (Å²) in [6, 6.07) is 21.4.